The Morgan fingerprint density at radius 2 is 2.43 bits per heavy atom. The Labute approximate surface area is 91.2 Å². The third-order valence-corrected chi connectivity index (χ3v) is 2.98. The molecule has 1 N–H and O–H groups in total. The quantitative estimate of drug-likeness (QED) is 0.869. The minimum absolute atomic E-state index is 0.490. The van der Waals surface area contributed by atoms with Gasteiger partial charge in [0.2, 0.25) is 5.88 Å². The zero-order chi connectivity index (χ0) is 9.97. The molecule has 1 aromatic heterocycles. The minimum Gasteiger partial charge on any atom is -0.479 e. The Hall–Kier alpha value is -0.680. The van der Waals surface area contributed by atoms with Crippen molar-refractivity contribution in [3.8, 4) is 5.88 Å². The van der Waals surface area contributed by atoms with Gasteiger partial charge in [-0.2, -0.15) is 5.10 Å². The molecule has 0 radical (unpaired) electrons. The standard InChI is InChI=1S/C9H12BrN3O/c1-14-9-7(10)4-8(12-13-9)6-2-3-11-5-6/h4,6,11H,2-3,5H2,1H3. The van der Waals surface area contributed by atoms with Crippen LogP contribution in [0, 0.1) is 0 Å². The predicted molar refractivity (Wildman–Crippen MR) is 56.5 cm³/mol. The molecule has 0 saturated carbocycles. The number of hydrogen-bond acceptors (Lipinski definition) is 4. The Balaban J connectivity index is 2.23. The molecule has 1 atom stereocenters. The molecule has 1 aliphatic heterocycles. The van der Waals surface area contributed by atoms with Gasteiger partial charge in [-0.25, -0.2) is 0 Å². The molecule has 4 nitrogen and oxygen atoms in total. The van der Waals surface area contributed by atoms with Crippen molar-refractivity contribution in [3.63, 3.8) is 0 Å². The molecule has 2 rings (SSSR count). The summed E-state index contributed by atoms with van der Waals surface area (Å²) in [6.07, 6.45) is 1.13. The number of nitrogens with one attached hydrogen (secondary N) is 1. The molecule has 0 aliphatic carbocycles. The van der Waals surface area contributed by atoms with Crippen LogP contribution >= 0.6 is 15.9 Å². The van der Waals surface area contributed by atoms with Gasteiger partial charge in [0.05, 0.1) is 17.3 Å². The van der Waals surface area contributed by atoms with Crippen LogP contribution in [0.15, 0.2) is 10.5 Å². The lowest BCUT2D eigenvalue weighted by molar-refractivity contribution is 0.387. The van der Waals surface area contributed by atoms with Gasteiger partial charge in [-0.3, -0.25) is 0 Å². The maximum atomic E-state index is 5.03. The Kier molecular flexibility index (Phi) is 2.98. The number of rotatable bonds is 2. The summed E-state index contributed by atoms with van der Waals surface area (Å²) in [5.74, 6) is 1.03. The molecule has 5 heteroatoms. The summed E-state index contributed by atoms with van der Waals surface area (Å²) in [5.41, 5.74) is 1.03. The number of hydrogen-bond donors (Lipinski definition) is 1. The van der Waals surface area contributed by atoms with E-state index in [1.54, 1.807) is 7.11 Å². The van der Waals surface area contributed by atoms with E-state index in [1.165, 1.54) is 0 Å². The van der Waals surface area contributed by atoms with E-state index in [9.17, 15) is 0 Å². The van der Waals surface area contributed by atoms with Gasteiger partial charge in [0, 0.05) is 12.5 Å². The van der Waals surface area contributed by atoms with Gasteiger partial charge < -0.3 is 10.1 Å². The Bertz CT molecular complexity index is 326. The van der Waals surface area contributed by atoms with E-state index in [4.69, 9.17) is 4.74 Å². The predicted octanol–water partition coefficient (Wildman–Crippen LogP) is 1.32. The van der Waals surface area contributed by atoms with E-state index >= 15 is 0 Å². The Morgan fingerprint density at radius 3 is 3.00 bits per heavy atom. The second-order valence-electron chi connectivity index (χ2n) is 3.32. The van der Waals surface area contributed by atoms with Crippen molar-refractivity contribution in [1.29, 1.82) is 0 Å². The number of halogens is 1. The molecule has 1 aliphatic rings. The third-order valence-electron chi connectivity index (χ3n) is 2.41. The summed E-state index contributed by atoms with van der Waals surface area (Å²) < 4.78 is 5.90. The first kappa shape index (κ1) is 9.86. The molecule has 1 saturated heterocycles. The zero-order valence-corrected chi connectivity index (χ0v) is 9.54. The normalized spacial score (nSPS) is 21.1. The van der Waals surface area contributed by atoms with Crippen molar-refractivity contribution >= 4 is 15.9 Å². The molecular formula is C9H12BrN3O. The molecule has 2 heterocycles. The average Bonchev–Trinajstić information content (AvgIpc) is 2.70. The first-order valence-corrected chi connectivity index (χ1v) is 5.38. The monoisotopic (exact) mass is 257 g/mol. The lowest BCUT2D eigenvalue weighted by atomic mass is 10.1. The Morgan fingerprint density at radius 1 is 1.57 bits per heavy atom. The summed E-state index contributed by atoms with van der Waals surface area (Å²) in [5, 5.41) is 11.4. The van der Waals surface area contributed by atoms with Crippen molar-refractivity contribution in [2.75, 3.05) is 20.2 Å². The molecule has 14 heavy (non-hydrogen) atoms. The van der Waals surface area contributed by atoms with Gasteiger partial charge in [-0.05, 0) is 35.0 Å². The van der Waals surface area contributed by atoms with Crippen molar-refractivity contribution in [1.82, 2.24) is 15.5 Å². The van der Waals surface area contributed by atoms with Gasteiger partial charge >= 0.3 is 0 Å². The highest BCUT2D eigenvalue weighted by atomic mass is 79.9. The SMILES string of the molecule is COc1nnc(C2CCNC2)cc1Br. The fourth-order valence-corrected chi connectivity index (χ4v) is 2.09. The number of methoxy groups -OCH3 is 1. The molecule has 76 valence electrons. The molecule has 1 aromatic rings. The average molecular weight is 258 g/mol. The van der Waals surface area contributed by atoms with Gasteiger partial charge in [-0.1, -0.05) is 0 Å². The highest BCUT2D eigenvalue weighted by Gasteiger charge is 2.19. The fraction of sp³-hybridized carbons (Fsp3) is 0.556. The van der Waals surface area contributed by atoms with Crippen LogP contribution in [0.25, 0.3) is 0 Å². The van der Waals surface area contributed by atoms with Gasteiger partial charge in [0.1, 0.15) is 0 Å². The van der Waals surface area contributed by atoms with Gasteiger partial charge in [0.15, 0.2) is 0 Å². The number of nitrogens with zero attached hydrogens (tertiary/aromatic N) is 2. The maximum Gasteiger partial charge on any atom is 0.247 e. The molecule has 0 bridgehead atoms. The van der Waals surface area contributed by atoms with E-state index in [-0.39, 0.29) is 0 Å². The van der Waals surface area contributed by atoms with Crippen LogP contribution in [0.4, 0.5) is 0 Å². The third kappa shape index (κ3) is 1.88. The number of aromatic nitrogens is 2. The first-order chi connectivity index (χ1) is 6.81. The summed E-state index contributed by atoms with van der Waals surface area (Å²) >= 11 is 3.41. The smallest absolute Gasteiger partial charge is 0.247 e. The van der Waals surface area contributed by atoms with Crippen LogP contribution in [-0.2, 0) is 0 Å². The van der Waals surface area contributed by atoms with Gasteiger partial charge in [-0.15, -0.1) is 5.10 Å². The molecule has 0 spiro atoms. The van der Waals surface area contributed by atoms with E-state index in [1.807, 2.05) is 6.07 Å². The minimum atomic E-state index is 0.490. The lowest BCUT2D eigenvalue weighted by Gasteiger charge is -2.08. The van der Waals surface area contributed by atoms with Crippen LogP contribution in [0.5, 0.6) is 5.88 Å². The highest BCUT2D eigenvalue weighted by molar-refractivity contribution is 9.10. The molecular weight excluding hydrogens is 246 g/mol. The summed E-state index contributed by atoms with van der Waals surface area (Å²) in [6.45, 7) is 2.06. The van der Waals surface area contributed by atoms with Gasteiger partial charge in [0.25, 0.3) is 0 Å². The van der Waals surface area contributed by atoms with Crippen LogP contribution < -0.4 is 10.1 Å². The zero-order valence-electron chi connectivity index (χ0n) is 7.96. The highest BCUT2D eigenvalue weighted by Crippen LogP contribution is 2.26. The number of ether oxygens (including phenoxy) is 1. The first-order valence-electron chi connectivity index (χ1n) is 4.59. The summed E-state index contributed by atoms with van der Waals surface area (Å²) in [7, 11) is 1.59. The van der Waals surface area contributed by atoms with E-state index < -0.39 is 0 Å². The maximum absolute atomic E-state index is 5.03. The van der Waals surface area contributed by atoms with E-state index in [0.717, 1.165) is 29.7 Å². The van der Waals surface area contributed by atoms with Crippen molar-refractivity contribution in [3.05, 3.63) is 16.2 Å². The topological polar surface area (TPSA) is 47.0 Å². The second kappa shape index (κ2) is 4.23. The largest absolute Gasteiger partial charge is 0.479 e. The van der Waals surface area contributed by atoms with E-state index in [0.29, 0.717) is 11.8 Å². The lowest BCUT2D eigenvalue weighted by Crippen LogP contribution is -2.09. The van der Waals surface area contributed by atoms with E-state index in [2.05, 4.69) is 31.4 Å². The fourth-order valence-electron chi connectivity index (χ4n) is 1.62. The van der Waals surface area contributed by atoms with Crippen LogP contribution in [0.1, 0.15) is 18.0 Å². The molecule has 0 amide bonds. The second-order valence-corrected chi connectivity index (χ2v) is 4.17. The molecule has 1 fully saturated rings. The van der Waals surface area contributed by atoms with Crippen molar-refractivity contribution in [2.24, 2.45) is 0 Å². The van der Waals surface area contributed by atoms with Crippen molar-refractivity contribution < 1.29 is 4.74 Å². The summed E-state index contributed by atoms with van der Waals surface area (Å²) in [6, 6.07) is 1.99. The molecule has 0 aromatic carbocycles. The van der Waals surface area contributed by atoms with Crippen molar-refractivity contribution in [2.45, 2.75) is 12.3 Å². The summed E-state index contributed by atoms with van der Waals surface area (Å²) in [4.78, 5) is 0. The van der Waals surface area contributed by atoms with Crippen LogP contribution in [0.2, 0.25) is 0 Å². The van der Waals surface area contributed by atoms with Crippen LogP contribution in [-0.4, -0.2) is 30.4 Å². The molecule has 1 unspecified atom stereocenters. The van der Waals surface area contributed by atoms with Crippen LogP contribution in [0.3, 0.4) is 0 Å².